The minimum Gasteiger partial charge on any atom is -0.459 e. The summed E-state index contributed by atoms with van der Waals surface area (Å²) in [4.78, 5) is 15.0. The molecule has 24 heavy (non-hydrogen) atoms. The van der Waals surface area contributed by atoms with Crippen molar-refractivity contribution in [3.05, 3.63) is 36.1 Å². The number of hydrogen-bond acceptors (Lipinski definition) is 3. The summed E-state index contributed by atoms with van der Waals surface area (Å²) in [5.41, 5.74) is 0.889. The Kier molecular flexibility index (Phi) is 6.69. The first-order valence-corrected chi connectivity index (χ1v) is 8.70. The number of carbonyl (C=O) groups is 1. The van der Waals surface area contributed by atoms with Crippen molar-refractivity contribution in [1.29, 1.82) is 0 Å². The van der Waals surface area contributed by atoms with Gasteiger partial charge in [-0.1, -0.05) is 25.1 Å². The van der Waals surface area contributed by atoms with Gasteiger partial charge in [0.2, 0.25) is 5.91 Å². The van der Waals surface area contributed by atoms with Gasteiger partial charge < -0.3 is 14.6 Å². The van der Waals surface area contributed by atoms with Gasteiger partial charge in [0.25, 0.3) is 0 Å². The SMILES string of the molecule is CCCN(C(=O)C1CCNCC1)C(C)c1cc2ccccc2o1.Cl. The van der Waals surface area contributed by atoms with Crippen molar-refractivity contribution < 1.29 is 9.21 Å². The van der Waals surface area contributed by atoms with Crippen molar-refractivity contribution in [3.63, 3.8) is 0 Å². The molecule has 1 amide bonds. The van der Waals surface area contributed by atoms with Crippen LogP contribution in [0.5, 0.6) is 0 Å². The number of furan rings is 1. The van der Waals surface area contributed by atoms with Gasteiger partial charge in [-0.25, -0.2) is 0 Å². The zero-order valence-electron chi connectivity index (χ0n) is 14.5. The van der Waals surface area contributed by atoms with Crippen molar-refractivity contribution >= 4 is 29.3 Å². The number of hydrogen-bond donors (Lipinski definition) is 1. The predicted octanol–water partition coefficient (Wildman–Crippen LogP) is 4.15. The van der Waals surface area contributed by atoms with Gasteiger partial charge in [0, 0.05) is 17.8 Å². The number of nitrogens with one attached hydrogen (secondary N) is 1. The molecule has 4 nitrogen and oxygen atoms in total. The molecule has 1 atom stereocenters. The van der Waals surface area contributed by atoms with Crippen molar-refractivity contribution in [3.8, 4) is 0 Å². The van der Waals surface area contributed by atoms with E-state index in [4.69, 9.17) is 4.42 Å². The summed E-state index contributed by atoms with van der Waals surface area (Å²) in [5.74, 6) is 1.30. The number of fused-ring (bicyclic) bond motifs is 1. The topological polar surface area (TPSA) is 45.5 Å². The lowest BCUT2D eigenvalue weighted by molar-refractivity contribution is -0.139. The predicted molar refractivity (Wildman–Crippen MR) is 99.5 cm³/mol. The molecule has 1 fully saturated rings. The smallest absolute Gasteiger partial charge is 0.226 e. The second-order valence-corrected chi connectivity index (χ2v) is 6.42. The molecular formula is C19H27ClN2O2. The molecule has 132 valence electrons. The molecule has 2 aromatic rings. The summed E-state index contributed by atoms with van der Waals surface area (Å²) in [6.07, 6.45) is 2.83. The van der Waals surface area contributed by atoms with Crippen LogP contribution in [0.25, 0.3) is 11.0 Å². The number of carbonyl (C=O) groups excluding carboxylic acids is 1. The Morgan fingerprint density at radius 2 is 2.04 bits per heavy atom. The zero-order chi connectivity index (χ0) is 16.2. The van der Waals surface area contributed by atoms with Gasteiger partial charge >= 0.3 is 0 Å². The van der Waals surface area contributed by atoms with Crippen LogP contribution in [0.3, 0.4) is 0 Å². The highest BCUT2D eigenvalue weighted by Crippen LogP contribution is 2.29. The van der Waals surface area contributed by atoms with Crippen LogP contribution in [0.15, 0.2) is 34.7 Å². The largest absolute Gasteiger partial charge is 0.459 e. The van der Waals surface area contributed by atoms with Gasteiger partial charge in [-0.2, -0.15) is 0 Å². The molecule has 1 aliphatic rings. The Labute approximate surface area is 150 Å². The van der Waals surface area contributed by atoms with Crippen LogP contribution in [0, 0.1) is 5.92 Å². The maximum absolute atomic E-state index is 13.0. The number of halogens is 1. The third-order valence-corrected chi connectivity index (χ3v) is 4.76. The number of nitrogens with zero attached hydrogens (tertiary/aromatic N) is 1. The van der Waals surface area contributed by atoms with Crippen LogP contribution < -0.4 is 5.32 Å². The maximum Gasteiger partial charge on any atom is 0.226 e. The first-order valence-electron chi connectivity index (χ1n) is 8.70. The third kappa shape index (κ3) is 3.93. The van der Waals surface area contributed by atoms with E-state index in [9.17, 15) is 4.79 Å². The van der Waals surface area contributed by atoms with Gasteiger partial charge in [0.1, 0.15) is 11.3 Å². The molecule has 1 aromatic carbocycles. The summed E-state index contributed by atoms with van der Waals surface area (Å²) in [7, 11) is 0. The van der Waals surface area contributed by atoms with Gasteiger partial charge in [0.05, 0.1) is 6.04 Å². The van der Waals surface area contributed by atoms with Crippen molar-refractivity contribution in [2.75, 3.05) is 19.6 Å². The van der Waals surface area contributed by atoms with Crippen LogP contribution in [-0.4, -0.2) is 30.4 Å². The van der Waals surface area contributed by atoms with E-state index >= 15 is 0 Å². The molecule has 0 spiro atoms. The van der Waals surface area contributed by atoms with Crippen LogP contribution in [0.2, 0.25) is 0 Å². The Bertz CT molecular complexity index is 631. The van der Waals surface area contributed by atoms with Crippen molar-refractivity contribution in [2.24, 2.45) is 5.92 Å². The van der Waals surface area contributed by atoms with E-state index < -0.39 is 0 Å². The Morgan fingerprint density at radius 1 is 1.33 bits per heavy atom. The van der Waals surface area contributed by atoms with E-state index in [1.54, 1.807) is 0 Å². The minimum atomic E-state index is -0.0234. The lowest BCUT2D eigenvalue weighted by Gasteiger charge is -2.33. The summed E-state index contributed by atoms with van der Waals surface area (Å²) in [5, 5.41) is 4.43. The van der Waals surface area contributed by atoms with Crippen LogP contribution >= 0.6 is 12.4 Å². The highest BCUT2D eigenvalue weighted by Gasteiger charge is 2.30. The highest BCUT2D eigenvalue weighted by molar-refractivity contribution is 5.85. The number of benzene rings is 1. The number of piperidine rings is 1. The molecule has 0 radical (unpaired) electrons. The fourth-order valence-corrected chi connectivity index (χ4v) is 3.40. The average molecular weight is 351 g/mol. The molecule has 5 heteroatoms. The molecule has 1 saturated heterocycles. The van der Waals surface area contributed by atoms with E-state index in [2.05, 4.69) is 25.2 Å². The van der Waals surface area contributed by atoms with E-state index in [1.807, 2.05) is 29.2 Å². The van der Waals surface area contributed by atoms with Gasteiger partial charge in [-0.3, -0.25) is 4.79 Å². The lowest BCUT2D eigenvalue weighted by Crippen LogP contribution is -2.42. The fourth-order valence-electron chi connectivity index (χ4n) is 3.40. The zero-order valence-corrected chi connectivity index (χ0v) is 15.3. The first-order chi connectivity index (χ1) is 11.2. The third-order valence-electron chi connectivity index (χ3n) is 4.76. The monoisotopic (exact) mass is 350 g/mol. The number of para-hydroxylation sites is 1. The first kappa shape index (κ1) is 18.8. The second-order valence-electron chi connectivity index (χ2n) is 6.42. The van der Waals surface area contributed by atoms with E-state index in [-0.39, 0.29) is 30.3 Å². The summed E-state index contributed by atoms with van der Waals surface area (Å²) in [6, 6.07) is 10.1. The van der Waals surface area contributed by atoms with E-state index in [0.29, 0.717) is 0 Å². The van der Waals surface area contributed by atoms with Crippen molar-refractivity contribution in [2.45, 2.75) is 39.2 Å². The summed E-state index contributed by atoms with van der Waals surface area (Å²) in [6.45, 7) is 6.85. The number of amides is 1. The molecule has 0 bridgehead atoms. The molecule has 1 aromatic heterocycles. The molecule has 1 unspecified atom stereocenters. The average Bonchev–Trinajstić information content (AvgIpc) is 3.03. The Balaban J connectivity index is 0.00000208. The van der Waals surface area contributed by atoms with Crippen molar-refractivity contribution in [1.82, 2.24) is 10.2 Å². The molecule has 1 aliphatic heterocycles. The Hall–Kier alpha value is -1.52. The second kappa shape index (κ2) is 8.54. The van der Waals surface area contributed by atoms with Crippen LogP contribution in [0.4, 0.5) is 0 Å². The number of rotatable bonds is 5. The highest BCUT2D eigenvalue weighted by atomic mass is 35.5. The van der Waals surface area contributed by atoms with Gasteiger partial charge in [-0.15, -0.1) is 12.4 Å². The fraction of sp³-hybridized carbons (Fsp3) is 0.526. The standard InChI is InChI=1S/C19H26N2O2.ClH/c1-3-12-21(19(22)15-8-10-20-11-9-15)14(2)18-13-16-6-4-5-7-17(16)23-18;/h4-7,13-15,20H,3,8-12H2,1-2H3;1H. The van der Waals surface area contributed by atoms with Gasteiger partial charge in [0.15, 0.2) is 0 Å². The van der Waals surface area contributed by atoms with Crippen LogP contribution in [-0.2, 0) is 4.79 Å². The molecule has 1 N–H and O–H groups in total. The van der Waals surface area contributed by atoms with Crippen LogP contribution in [0.1, 0.15) is 44.9 Å². The molecule has 2 heterocycles. The normalized spacial score (nSPS) is 16.6. The lowest BCUT2D eigenvalue weighted by atomic mass is 9.95. The molecule has 0 aliphatic carbocycles. The van der Waals surface area contributed by atoms with E-state index in [1.165, 1.54) is 0 Å². The quantitative estimate of drug-likeness (QED) is 0.880. The van der Waals surface area contributed by atoms with E-state index in [0.717, 1.165) is 55.6 Å². The summed E-state index contributed by atoms with van der Waals surface area (Å²) >= 11 is 0. The Morgan fingerprint density at radius 3 is 2.71 bits per heavy atom. The molecule has 0 saturated carbocycles. The minimum absolute atomic E-state index is 0. The molecular weight excluding hydrogens is 324 g/mol. The molecule has 3 rings (SSSR count). The maximum atomic E-state index is 13.0. The summed E-state index contributed by atoms with van der Waals surface area (Å²) < 4.78 is 5.99. The van der Waals surface area contributed by atoms with Gasteiger partial charge in [-0.05, 0) is 51.4 Å².